The maximum atomic E-state index is 13.2. The highest BCUT2D eigenvalue weighted by Crippen LogP contribution is 2.57. The van der Waals surface area contributed by atoms with E-state index < -0.39 is 6.10 Å². The molecule has 4 rings (SSSR count). The lowest BCUT2D eigenvalue weighted by molar-refractivity contribution is -0.143. The van der Waals surface area contributed by atoms with Crippen molar-refractivity contribution in [1.29, 1.82) is 0 Å². The van der Waals surface area contributed by atoms with Crippen LogP contribution in [0.25, 0.3) is 0 Å². The SMILES string of the molecule is CC(C(=O)N(C)CCN(C)C)C1CCC2(C)Cc3sc(NC(=O)c4cccn4C)nc3C(C)C2C1O. The zero-order valence-electron chi connectivity index (χ0n) is 22.6. The van der Waals surface area contributed by atoms with E-state index in [1.54, 1.807) is 26.9 Å². The Bertz CT molecular complexity index is 1110. The first-order chi connectivity index (χ1) is 16.9. The number of carbonyl (C=O) groups is 2. The van der Waals surface area contributed by atoms with Crippen LogP contribution in [0.4, 0.5) is 5.13 Å². The summed E-state index contributed by atoms with van der Waals surface area (Å²) in [5, 5.41) is 15.3. The molecule has 0 saturated heterocycles. The zero-order valence-corrected chi connectivity index (χ0v) is 23.4. The van der Waals surface area contributed by atoms with Gasteiger partial charge in [0.1, 0.15) is 5.69 Å². The molecular formula is C27H41N5O3S. The van der Waals surface area contributed by atoms with Crippen molar-refractivity contribution in [3.63, 3.8) is 0 Å². The highest BCUT2D eigenvalue weighted by atomic mass is 32.1. The molecule has 0 aromatic carbocycles. The van der Waals surface area contributed by atoms with Crippen molar-refractivity contribution in [2.45, 2.75) is 52.1 Å². The van der Waals surface area contributed by atoms with E-state index in [1.165, 1.54) is 4.88 Å². The third-order valence-electron chi connectivity index (χ3n) is 8.61. The van der Waals surface area contributed by atoms with Gasteiger partial charge in [-0.25, -0.2) is 4.98 Å². The Morgan fingerprint density at radius 2 is 2.06 bits per heavy atom. The number of nitrogens with zero attached hydrogens (tertiary/aromatic N) is 4. The molecule has 1 saturated carbocycles. The van der Waals surface area contributed by atoms with E-state index in [9.17, 15) is 14.7 Å². The highest BCUT2D eigenvalue weighted by molar-refractivity contribution is 7.15. The first kappa shape index (κ1) is 26.8. The first-order valence-corrected chi connectivity index (χ1v) is 13.7. The van der Waals surface area contributed by atoms with Crippen LogP contribution in [0.15, 0.2) is 18.3 Å². The summed E-state index contributed by atoms with van der Waals surface area (Å²) in [7, 11) is 7.71. The molecular weight excluding hydrogens is 474 g/mol. The quantitative estimate of drug-likeness (QED) is 0.590. The van der Waals surface area contributed by atoms with E-state index in [2.05, 4.69) is 24.1 Å². The van der Waals surface area contributed by atoms with Crippen LogP contribution in [0.5, 0.6) is 0 Å². The number of fused-ring (bicyclic) bond motifs is 2. The second-order valence-corrected chi connectivity index (χ2v) is 12.6. The van der Waals surface area contributed by atoms with Gasteiger partial charge in [-0.05, 0) is 62.7 Å². The van der Waals surface area contributed by atoms with Crippen molar-refractivity contribution >= 4 is 28.3 Å². The fourth-order valence-electron chi connectivity index (χ4n) is 6.45. The van der Waals surface area contributed by atoms with Crippen molar-refractivity contribution in [2.24, 2.45) is 30.2 Å². The lowest BCUT2D eigenvalue weighted by Gasteiger charge is -2.53. The number of carbonyl (C=O) groups excluding carboxylic acids is 2. The minimum absolute atomic E-state index is 0.0182. The number of amides is 2. The molecule has 0 bridgehead atoms. The van der Waals surface area contributed by atoms with Gasteiger partial charge in [0.2, 0.25) is 5.91 Å². The normalized spacial score (nSPS) is 28.4. The molecule has 8 nitrogen and oxygen atoms in total. The number of aryl methyl sites for hydroxylation is 1. The molecule has 2 heterocycles. The van der Waals surface area contributed by atoms with Crippen LogP contribution in [0.1, 0.15) is 60.6 Å². The van der Waals surface area contributed by atoms with Crippen molar-refractivity contribution in [3.8, 4) is 0 Å². The maximum Gasteiger partial charge on any atom is 0.274 e. The molecule has 2 aliphatic carbocycles. The Labute approximate surface area is 218 Å². The molecule has 0 aliphatic heterocycles. The number of thiazole rings is 1. The zero-order chi connectivity index (χ0) is 26.4. The standard InChI is InChI=1S/C27H41N5O3S/c1-16(25(35)32(7)14-13-30(4)5)18-10-11-27(3)15-20-22(17(2)21(27)23(18)33)28-26(36-20)29-24(34)19-9-8-12-31(19)6/h8-9,12,16-18,21,23,33H,10-11,13-15H2,1-7H3,(H,28,29,34). The molecule has 2 aromatic rings. The Morgan fingerprint density at radius 1 is 1.33 bits per heavy atom. The third kappa shape index (κ3) is 4.97. The van der Waals surface area contributed by atoms with Gasteiger partial charge in [-0.3, -0.25) is 14.9 Å². The van der Waals surface area contributed by atoms with Gasteiger partial charge in [-0.2, -0.15) is 0 Å². The van der Waals surface area contributed by atoms with E-state index in [0.717, 1.165) is 31.5 Å². The lowest BCUT2D eigenvalue weighted by Crippen LogP contribution is -2.53. The second kappa shape index (κ2) is 10.3. The average Bonchev–Trinajstić information content (AvgIpc) is 3.41. The molecule has 9 heteroatoms. The van der Waals surface area contributed by atoms with Crippen molar-refractivity contribution in [1.82, 2.24) is 19.4 Å². The Kier molecular flexibility index (Phi) is 7.65. The van der Waals surface area contributed by atoms with Crippen LogP contribution in [-0.2, 0) is 18.3 Å². The Balaban J connectivity index is 1.51. The number of aromatic nitrogens is 2. The molecule has 2 aromatic heterocycles. The van der Waals surface area contributed by atoms with Gasteiger partial charge in [0.25, 0.3) is 5.91 Å². The lowest BCUT2D eigenvalue weighted by atomic mass is 9.53. The van der Waals surface area contributed by atoms with Crippen LogP contribution >= 0.6 is 11.3 Å². The number of aliphatic hydroxyl groups excluding tert-OH is 1. The minimum atomic E-state index is -0.573. The number of nitrogens with one attached hydrogen (secondary N) is 1. The van der Waals surface area contributed by atoms with Crippen molar-refractivity contribution in [3.05, 3.63) is 34.6 Å². The number of likely N-dealkylation sites (N-methyl/N-ethyl adjacent to an activating group) is 2. The van der Waals surface area contributed by atoms with Gasteiger partial charge in [0.05, 0.1) is 11.8 Å². The number of rotatable bonds is 7. The van der Waals surface area contributed by atoms with E-state index >= 15 is 0 Å². The summed E-state index contributed by atoms with van der Waals surface area (Å²) in [4.78, 5) is 35.8. The fourth-order valence-corrected chi connectivity index (χ4v) is 7.71. The van der Waals surface area contributed by atoms with E-state index in [0.29, 0.717) is 17.4 Å². The Hall–Kier alpha value is -2.23. The van der Waals surface area contributed by atoms with Crippen LogP contribution < -0.4 is 5.32 Å². The van der Waals surface area contributed by atoms with Crippen molar-refractivity contribution < 1.29 is 14.7 Å². The molecule has 6 atom stereocenters. The molecule has 36 heavy (non-hydrogen) atoms. The molecule has 2 amide bonds. The summed E-state index contributed by atoms with van der Waals surface area (Å²) in [5.41, 5.74) is 1.50. The highest BCUT2D eigenvalue weighted by Gasteiger charge is 2.54. The largest absolute Gasteiger partial charge is 0.392 e. The number of anilines is 1. The summed E-state index contributed by atoms with van der Waals surface area (Å²) < 4.78 is 1.79. The monoisotopic (exact) mass is 515 g/mol. The summed E-state index contributed by atoms with van der Waals surface area (Å²) in [6.07, 6.45) is 3.91. The van der Waals surface area contributed by atoms with Gasteiger partial charge < -0.3 is 19.5 Å². The van der Waals surface area contributed by atoms with E-state index in [1.807, 2.05) is 47.4 Å². The molecule has 1 fully saturated rings. The summed E-state index contributed by atoms with van der Waals surface area (Å²) in [5.74, 6) is -0.312. The summed E-state index contributed by atoms with van der Waals surface area (Å²) in [6.45, 7) is 7.88. The average molecular weight is 516 g/mol. The fraction of sp³-hybridized carbons (Fsp3) is 0.667. The van der Waals surface area contributed by atoms with E-state index in [4.69, 9.17) is 4.98 Å². The molecule has 0 spiro atoms. The van der Waals surface area contributed by atoms with Crippen LogP contribution in [0.3, 0.4) is 0 Å². The topological polar surface area (TPSA) is 90.7 Å². The van der Waals surface area contributed by atoms with Gasteiger partial charge >= 0.3 is 0 Å². The molecule has 2 N–H and O–H groups in total. The maximum absolute atomic E-state index is 13.2. The molecule has 6 unspecified atom stereocenters. The molecule has 2 aliphatic rings. The molecule has 0 radical (unpaired) electrons. The Morgan fingerprint density at radius 3 is 2.69 bits per heavy atom. The second-order valence-electron chi connectivity index (χ2n) is 11.5. The minimum Gasteiger partial charge on any atom is -0.392 e. The number of aliphatic hydroxyl groups is 1. The number of hydrogen-bond acceptors (Lipinski definition) is 6. The van der Waals surface area contributed by atoms with Crippen molar-refractivity contribution in [2.75, 3.05) is 39.5 Å². The van der Waals surface area contributed by atoms with Crippen LogP contribution in [0.2, 0.25) is 0 Å². The molecule has 198 valence electrons. The van der Waals surface area contributed by atoms with Gasteiger partial charge in [0.15, 0.2) is 5.13 Å². The summed E-state index contributed by atoms with van der Waals surface area (Å²) >= 11 is 1.55. The van der Waals surface area contributed by atoms with Crippen LogP contribution in [0, 0.1) is 23.2 Å². The summed E-state index contributed by atoms with van der Waals surface area (Å²) in [6, 6.07) is 3.64. The van der Waals surface area contributed by atoms with E-state index in [-0.39, 0.29) is 40.9 Å². The van der Waals surface area contributed by atoms with Crippen LogP contribution in [-0.4, -0.2) is 76.6 Å². The third-order valence-corrected chi connectivity index (χ3v) is 9.60. The van der Waals surface area contributed by atoms with Gasteiger partial charge in [0, 0.05) is 50.1 Å². The first-order valence-electron chi connectivity index (χ1n) is 12.9. The predicted octanol–water partition coefficient (Wildman–Crippen LogP) is 3.44. The smallest absolute Gasteiger partial charge is 0.274 e. The van der Waals surface area contributed by atoms with Gasteiger partial charge in [-0.1, -0.05) is 20.8 Å². The van der Waals surface area contributed by atoms with Gasteiger partial charge in [-0.15, -0.1) is 11.3 Å². The predicted molar refractivity (Wildman–Crippen MR) is 143 cm³/mol. The number of hydrogen-bond donors (Lipinski definition) is 2.